The van der Waals surface area contributed by atoms with E-state index in [9.17, 15) is 0 Å². The first-order valence-corrected chi connectivity index (χ1v) is 7.46. The summed E-state index contributed by atoms with van der Waals surface area (Å²) in [6.07, 6.45) is 2.53. The summed E-state index contributed by atoms with van der Waals surface area (Å²) in [6.45, 7) is 10.6. The zero-order valence-corrected chi connectivity index (χ0v) is 12.9. The fraction of sp³-hybridized carbons (Fsp3) is 0.647. The van der Waals surface area contributed by atoms with Crippen LogP contribution in [0.4, 0.5) is 0 Å². The molecular weight excluding hydrogens is 232 g/mol. The van der Waals surface area contributed by atoms with Crippen molar-refractivity contribution in [3.63, 3.8) is 0 Å². The van der Waals surface area contributed by atoms with E-state index in [1.165, 1.54) is 43.6 Å². The molecule has 1 N–H and O–H groups in total. The number of hydrogen-bond donors (Lipinski definition) is 1. The van der Waals surface area contributed by atoms with Crippen molar-refractivity contribution in [1.29, 1.82) is 0 Å². The van der Waals surface area contributed by atoms with E-state index in [-0.39, 0.29) is 0 Å². The van der Waals surface area contributed by atoms with Crippen LogP contribution < -0.4 is 5.32 Å². The normalized spacial score (nSPS) is 20.6. The van der Waals surface area contributed by atoms with Crippen LogP contribution in [-0.4, -0.2) is 31.6 Å². The van der Waals surface area contributed by atoms with Crippen LogP contribution in [0.2, 0.25) is 0 Å². The van der Waals surface area contributed by atoms with Crippen LogP contribution in [0, 0.1) is 12.3 Å². The molecule has 1 aliphatic heterocycles. The average Bonchev–Trinajstić information content (AvgIpc) is 2.70. The van der Waals surface area contributed by atoms with Crippen molar-refractivity contribution in [2.24, 2.45) is 5.41 Å². The summed E-state index contributed by atoms with van der Waals surface area (Å²) in [4.78, 5) is 2.61. The quantitative estimate of drug-likeness (QED) is 0.873. The summed E-state index contributed by atoms with van der Waals surface area (Å²) in [5.74, 6) is 0. The van der Waals surface area contributed by atoms with Crippen molar-refractivity contribution in [2.75, 3.05) is 26.7 Å². The van der Waals surface area contributed by atoms with Gasteiger partial charge in [0.2, 0.25) is 0 Å². The first-order chi connectivity index (χ1) is 9.00. The molecule has 1 aromatic rings. The molecule has 1 unspecified atom stereocenters. The highest BCUT2D eigenvalue weighted by molar-refractivity contribution is 5.25. The second-order valence-electron chi connectivity index (χ2n) is 6.73. The standard InChI is InChI=1S/C17H28N2/c1-14-6-5-7-15(12-14)16(18-4)8-10-19-11-9-17(2,3)13-19/h5-7,12,16,18H,8-11,13H2,1-4H3. The zero-order chi connectivity index (χ0) is 13.9. The lowest BCUT2D eigenvalue weighted by Crippen LogP contribution is -2.28. The van der Waals surface area contributed by atoms with Gasteiger partial charge in [-0.05, 0) is 50.9 Å². The van der Waals surface area contributed by atoms with E-state index >= 15 is 0 Å². The molecule has 2 rings (SSSR count). The van der Waals surface area contributed by atoms with Gasteiger partial charge in [0, 0.05) is 12.6 Å². The molecule has 1 heterocycles. The molecule has 0 amide bonds. The van der Waals surface area contributed by atoms with Crippen LogP contribution in [0.1, 0.15) is 43.9 Å². The Bertz CT molecular complexity index is 411. The van der Waals surface area contributed by atoms with Gasteiger partial charge in [-0.3, -0.25) is 0 Å². The van der Waals surface area contributed by atoms with Gasteiger partial charge < -0.3 is 10.2 Å². The Balaban J connectivity index is 1.90. The maximum absolute atomic E-state index is 3.46. The summed E-state index contributed by atoms with van der Waals surface area (Å²) < 4.78 is 0. The minimum absolute atomic E-state index is 0.476. The SMILES string of the molecule is CNC(CCN1CCC(C)(C)C1)c1cccc(C)c1. The molecule has 1 fully saturated rings. The number of hydrogen-bond acceptors (Lipinski definition) is 2. The van der Waals surface area contributed by atoms with E-state index in [1.54, 1.807) is 0 Å². The number of nitrogens with one attached hydrogen (secondary N) is 1. The summed E-state index contributed by atoms with van der Waals surface area (Å²) in [7, 11) is 2.07. The highest BCUT2D eigenvalue weighted by Gasteiger charge is 2.29. The molecule has 1 atom stereocenters. The van der Waals surface area contributed by atoms with Gasteiger partial charge in [0.05, 0.1) is 0 Å². The molecule has 0 bridgehead atoms. The van der Waals surface area contributed by atoms with Gasteiger partial charge in [0.1, 0.15) is 0 Å². The van der Waals surface area contributed by atoms with E-state index < -0.39 is 0 Å². The van der Waals surface area contributed by atoms with Crippen LogP contribution >= 0.6 is 0 Å². The number of rotatable bonds is 5. The lowest BCUT2D eigenvalue weighted by atomic mass is 9.93. The first kappa shape index (κ1) is 14.5. The molecule has 2 nitrogen and oxygen atoms in total. The molecule has 1 saturated heterocycles. The lowest BCUT2D eigenvalue weighted by molar-refractivity contribution is 0.276. The molecule has 1 aliphatic rings. The minimum Gasteiger partial charge on any atom is -0.313 e. The van der Waals surface area contributed by atoms with Crippen LogP contribution in [-0.2, 0) is 0 Å². The Kier molecular flexibility index (Phi) is 4.64. The van der Waals surface area contributed by atoms with E-state index in [0.29, 0.717) is 11.5 Å². The fourth-order valence-electron chi connectivity index (χ4n) is 3.09. The predicted octanol–water partition coefficient (Wildman–Crippen LogP) is 3.38. The Labute approximate surface area is 118 Å². The van der Waals surface area contributed by atoms with Crippen molar-refractivity contribution >= 4 is 0 Å². The first-order valence-electron chi connectivity index (χ1n) is 7.46. The van der Waals surface area contributed by atoms with Gasteiger partial charge in [-0.25, -0.2) is 0 Å². The van der Waals surface area contributed by atoms with Gasteiger partial charge in [-0.15, -0.1) is 0 Å². The van der Waals surface area contributed by atoms with Gasteiger partial charge in [-0.2, -0.15) is 0 Å². The summed E-state index contributed by atoms with van der Waals surface area (Å²) in [5.41, 5.74) is 3.28. The van der Waals surface area contributed by atoms with Gasteiger partial charge in [-0.1, -0.05) is 43.7 Å². The third-order valence-electron chi connectivity index (χ3n) is 4.28. The van der Waals surface area contributed by atoms with Crippen molar-refractivity contribution in [2.45, 2.75) is 39.7 Å². The summed E-state index contributed by atoms with van der Waals surface area (Å²) in [6, 6.07) is 9.34. The maximum atomic E-state index is 3.46. The molecular formula is C17H28N2. The van der Waals surface area contributed by atoms with Gasteiger partial charge in [0.15, 0.2) is 0 Å². The van der Waals surface area contributed by atoms with Crippen LogP contribution in [0.3, 0.4) is 0 Å². The summed E-state index contributed by atoms with van der Waals surface area (Å²) >= 11 is 0. The van der Waals surface area contributed by atoms with Gasteiger partial charge >= 0.3 is 0 Å². The maximum Gasteiger partial charge on any atom is 0.0329 e. The Hall–Kier alpha value is -0.860. The molecule has 19 heavy (non-hydrogen) atoms. The van der Waals surface area contributed by atoms with Crippen LogP contribution in [0.5, 0.6) is 0 Å². The van der Waals surface area contributed by atoms with Gasteiger partial charge in [0.25, 0.3) is 0 Å². The largest absolute Gasteiger partial charge is 0.313 e. The molecule has 0 saturated carbocycles. The van der Waals surface area contributed by atoms with Crippen molar-refractivity contribution < 1.29 is 0 Å². The smallest absolute Gasteiger partial charge is 0.0329 e. The number of aryl methyl sites for hydroxylation is 1. The highest BCUT2D eigenvalue weighted by Crippen LogP contribution is 2.29. The molecule has 1 aromatic carbocycles. The van der Waals surface area contributed by atoms with Crippen LogP contribution in [0.15, 0.2) is 24.3 Å². The minimum atomic E-state index is 0.476. The topological polar surface area (TPSA) is 15.3 Å². The monoisotopic (exact) mass is 260 g/mol. The van der Waals surface area contributed by atoms with Crippen molar-refractivity contribution in [3.05, 3.63) is 35.4 Å². The number of likely N-dealkylation sites (tertiary alicyclic amines) is 1. The number of nitrogens with zero attached hydrogens (tertiary/aromatic N) is 1. The molecule has 0 aromatic heterocycles. The molecule has 2 heteroatoms. The molecule has 0 aliphatic carbocycles. The highest BCUT2D eigenvalue weighted by atomic mass is 15.2. The van der Waals surface area contributed by atoms with E-state index in [2.05, 4.69) is 62.3 Å². The molecule has 0 radical (unpaired) electrons. The Morgan fingerprint density at radius 2 is 2.16 bits per heavy atom. The van der Waals surface area contributed by atoms with Crippen LogP contribution in [0.25, 0.3) is 0 Å². The van der Waals surface area contributed by atoms with Crippen molar-refractivity contribution in [3.8, 4) is 0 Å². The number of benzene rings is 1. The third kappa shape index (κ3) is 4.05. The second kappa shape index (κ2) is 6.06. The Morgan fingerprint density at radius 1 is 1.37 bits per heavy atom. The van der Waals surface area contributed by atoms with Crippen molar-refractivity contribution in [1.82, 2.24) is 10.2 Å². The van der Waals surface area contributed by atoms with E-state index in [4.69, 9.17) is 0 Å². The fourth-order valence-corrected chi connectivity index (χ4v) is 3.09. The summed E-state index contributed by atoms with van der Waals surface area (Å²) in [5, 5.41) is 3.46. The molecule has 106 valence electrons. The Morgan fingerprint density at radius 3 is 2.74 bits per heavy atom. The third-order valence-corrected chi connectivity index (χ3v) is 4.28. The van der Waals surface area contributed by atoms with E-state index in [0.717, 1.165) is 0 Å². The zero-order valence-electron chi connectivity index (χ0n) is 12.9. The van der Waals surface area contributed by atoms with E-state index in [1.807, 2.05) is 0 Å². The lowest BCUT2D eigenvalue weighted by Gasteiger charge is -2.23. The predicted molar refractivity (Wildman–Crippen MR) is 82.4 cm³/mol. The second-order valence-corrected chi connectivity index (χ2v) is 6.73. The average molecular weight is 260 g/mol. The molecule has 0 spiro atoms.